The van der Waals surface area contributed by atoms with E-state index in [1.807, 2.05) is 12.1 Å². The summed E-state index contributed by atoms with van der Waals surface area (Å²) in [4.78, 5) is 27.0. The van der Waals surface area contributed by atoms with Crippen LogP contribution in [0.3, 0.4) is 0 Å². The first-order valence-electron chi connectivity index (χ1n) is 7.38. The molecule has 6 heteroatoms. The van der Waals surface area contributed by atoms with Gasteiger partial charge in [-0.15, -0.1) is 22.7 Å². The Labute approximate surface area is 141 Å². The minimum atomic E-state index is -1.48. The lowest BCUT2D eigenvalue weighted by molar-refractivity contribution is 0.0816. The van der Waals surface area contributed by atoms with Crippen LogP contribution in [0.15, 0.2) is 12.1 Å². The van der Waals surface area contributed by atoms with Gasteiger partial charge in [-0.05, 0) is 21.1 Å². The molecule has 1 aliphatic rings. The van der Waals surface area contributed by atoms with E-state index in [0.717, 1.165) is 9.75 Å². The number of hydrogen-bond acceptors (Lipinski definition) is 4. The Morgan fingerprint density at radius 3 is 1.27 bits per heavy atom. The summed E-state index contributed by atoms with van der Waals surface area (Å²) in [5.41, 5.74) is 1.29. The Balaban J connectivity index is 2.26. The van der Waals surface area contributed by atoms with Crippen molar-refractivity contribution in [3.05, 3.63) is 23.3 Å². The van der Waals surface area contributed by atoms with Crippen LogP contribution in [0.4, 0.5) is 0 Å². The van der Waals surface area contributed by atoms with Crippen molar-refractivity contribution in [2.75, 3.05) is 0 Å². The topological polar surface area (TPSA) is 34.1 Å². The van der Waals surface area contributed by atoms with Gasteiger partial charge < -0.3 is 0 Å². The molecule has 116 valence electrons. The molecule has 2 heterocycles. The SMILES string of the molecule is C[Si](C)(C)c1cc2c(s1)-c1sc([Si](C)(C)C)cc1C(=O)C2=O. The number of fused-ring (bicyclic) bond motifs is 3. The molecule has 0 saturated heterocycles. The van der Waals surface area contributed by atoms with Crippen molar-refractivity contribution in [2.24, 2.45) is 0 Å². The minimum absolute atomic E-state index is 0.317. The number of thiophene rings is 2. The molecular weight excluding hydrogens is 344 g/mol. The van der Waals surface area contributed by atoms with Gasteiger partial charge in [-0.25, -0.2) is 0 Å². The Morgan fingerprint density at radius 1 is 0.682 bits per heavy atom. The molecule has 0 aliphatic heterocycles. The highest BCUT2D eigenvalue weighted by Gasteiger charge is 2.37. The molecule has 3 rings (SSSR count). The van der Waals surface area contributed by atoms with Crippen molar-refractivity contribution in [2.45, 2.75) is 39.3 Å². The Hall–Kier alpha value is -0.826. The molecule has 0 atom stereocenters. The smallest absolute Gasteiger partial charge is 0.235 e. The van der Waals surface area contributed by atoms with Crippen LogP contribution in [0, 0.1) is 0 Å². The van der Waals surface area contributed by atoms with Gasteiger partial charge in [0, 0.05) is 11.1 Å². The van der Waals surface area contributed by atoms with Crippen molar-refractivity contribution in [3.8, 4) is 9.75 Å². The molecule has 2 nitrogen and oxygen atoms in total. The molecule has 0 fully saturated rings. The van der Waals surface area contributed by atoms with Gasteiger partial charge in [0.05, 0.1) is 25.9 Å². The molecule has 22 heavy (non-hydrogen) atoms. The molecular formula is C16H20O2S2Si2. The number of carbonyl (C=O) groups excluding carboxylic acids is 2. The van der Waals surface area contributed by atoms with E-state index in [9.17, 15) is 9.59 Å². The van der Waals surface area contributed by atoms with Crippen LogP contribution in [0.2, 0.25) is 39.3 Å². The fourth-order valence-electron chi connectivity index (χ4n) is 2.44. The van der Waals surface area contributed by atoms with Crippen LogP contribution in [-0.4, -0.2) is 27.7 Å². The zero-order valence-corrected chi connectivity index (χ0v) is 17.4. The molecule has 0 aromatic carbocycles. The van der Waals surface area contributed by atoms with Gasteiger partial charge in [0.2, 0.25) is 11.6 Å². The van der Waals surface area contributed by atoms with Gasteiger partial charge in [0.25, 0.3) is 0 Å². The van der Waals surface area contributed by atoms with Gasteiger partial charge in [0.1, 0.15) is 0 Å². The predicted molar refractivity (Wildman–Crippen MR) is 102 cm³/mol. The molecule has 2 aromatic rings. The molecule has 2 aromatic heterocycles. The van der Waals surface area contributed by atoms with Crippen LogP contribution < -0.4 is 9.00 Å². The van der Waals surface area contributed by atoms with E-state index >= 15 is 0 Å². The summed E-state index contributed by atoms with van der Waals surface area (Å²) in [7, 11) is -2.97. The second-order valence-electron chi connectivity index (χ2n) is 7.87. The normalized spacial score (nSPS) is 15.0. The number of hydrogen-bond donors (Lipinski definition) is 0. The predicted octanol–water partition coefficient (Wildman–Crippen LogP) is 3.95. The molecule has 0 radical (unpaired) electrons. The fourth-order valence-corrected chi connectivity index (χ4v) is 8.63. The highest BCUT2D eigenvalue weighted by molar-refractivity contribution is 7.34. The monoisotopic (exact) mass is 364 g/mol. The van der Waals surface area contributed by atoms with E-state index in [1.165, 1.54) is 9.00 Å². The number of ketones is 2. The molecule has 1 aliphatic carbocycles. The lowest BCUT2D eigenvalue weighted by Crippen LogP contribution is -2.35. The highest BCUT2D eigenvalue weighted by atomic mass is 32.1. The van der Waals surface area contributed by atoms with Gasteiger partial charge in [-0.3, -0.25) is 9.59 Å². The molecule has 0 saturated carbocycles. The van der Waals surface area contributed by atoms with Crippen LogP contribution in [0.1, 0.15) is 20.7 Å². The zero-order valence-electron chi connectivity index (χ0n) is 13.8. The Bertz CT molecular complexity index is 733. The maximum absolute atomic E-state index is 12.5. The average molecular weight is 365 g/mol. The Morgan fingerprint density at radius 2 is 1.00 bits per heavy atom. The zero-order chi connectivity index (χ0) is 16.4. The maximum Gasteiger partial charge on any atom is 0.235 e. The third kappa shape index (κ3) is 2.42. The van der Waals surface area contributed by atoms with E-state index in [1.54, 1.807) is 22.7 Å². The molecule has 0 N–H and O–H groups in total. The van der Waals surface area contributed by atoms with Crippen molar-refractivity contribution in [1.82, 2.24) is 0 Å². The minimum Gasteiger partial charge on any atom is -0.285 e. The van der Waals surface area contributed by atoms with E-state index in [4.69, 9.17) is 0 Å². The summed E-state index contributed by atoms with van der Waals surface area (Å²) in [6.45, 7) is 13.7. The largest absolute Gasteiger partial charge is 0.285 e. The summed E-state index contributed by atoms with van der Waals surface area (Å²) in [5.74, 6) is -0.633. The van der Waals surface area contributed by atoms with E-state index in [2.05, 4.69) is 39.3 Å². The second-order valence-corrected chi connectivity index (χ2v) is 20.8. The van der Waals surface area contributed by atoms with Crippen LogP contribution in [-0.2, 0) is 0 Å². The van der Waals surface area contributed by atoms with Crippen molar-refractivity contribution < 1.29 is 9.59 Å². The third-order valence-corrected chi connectivity index (χ3v) is 13.4. The third-order valence-electron chi connectivity index (χ3n) is 3.84. The summed E-state index contributed by atoms with van der Waals surface area (Å²) in [6, 6.07) is 3.98. The van der Waals surface area contributed by atoms with Gasteiger partial charge in [-0.2, -0.15) is 0 Å². The maximum atomic E-state index is 12.5. The first kappa shape index (κ1) is 16.0. The number of Topliss-reactive ketones (excluding diaryl/α,β-unsaturated/α-hetero) is 2. The standard InChI is InChI=1S/C16H20O2S2Si2/c1-21(2,3)11-7-9-13(17)14(18)10-8-12(22(4,5)6)20-16(10)15(9)19-11/h7-8H,1-6H3. The molecule has 0 unspecified atom stereocenters. The molecule has 0 spiro atoms. The van der Waals surface area contributed by atoms with Crippen molar-refractivity contribution in [1.29, 1.82) is 0 Å². The second kappa shape index (κ2) is 4.83. The number of rotatable bonds is 2. The van der Waals surface area contributed by atoms with Crippen LogP contribution >= 0.6 is 22.7 Å². The van der Waals surface area contributed by atoms with E-state index in [0.29, 0.717) is 11.1 Å². The van der Waals surface area contributed by atoms with Gasteiger partial charge >= 0.3 is 0 Å². The summed E-state index contributed by atoms with van der Waals surface area (Å²) in [6.07, 6.45) is 0. The van der Waals surface area contributed by atoms with Gasteiger partial charge in [0.15, 0.2) is 0 Å². The summed E-state index contributed by atoms with van der Waals surface area (Å²) < 4.78 is 2.60. The van der Waals surface area contributed by atoms with Gasteiger partial charge in [-0.1, -0.05) is 39.3 Å². The van der Waals surface area contributed by atoms with Crippen LogP contribution in [0.5, 0.6) is 0 Å². The Kier molecular flexibility index (Phi) is 3.53. The summed E-state index contributed by atoms with van der Waals surface area (Å²) in [5, 5.41) is 0. The summed E-state index contributed by atoms with van der Waals surface area (Å²) >= 11 is 3.46. The lowest BCUT2D eigenvalue weighted by Gasteiger charge is -2.12. The fraction of sp³-hybridized carbons (Fsp3) is 0.375. The first-order chi connectivity index (χ1) is 10.00. The van der Waals surface area contributed by atoms with Crippen molar-refractivity contribution in [3.63, 3.8) is 0 Å². The van der Waals surface area contributed by atoms with E-state index in [-0.39, 0.29) is 11.6 Å². The highest BCUT2D eigenvalue weighted by Crippen LogP contribution is 2.40. The lowest BCUT2D eigenvalue weighted by atomic mass is 9.96. The quantitative estimate of drug-likeness (QED) is 0.597. The molecule has 0 bridgehead atoms. The first-order valence-corrected chi connectivity index (χ1v) is 16.0. The average Bonchev–Trinajstić information content (AvgIpc) is 2.98. The molecule has 0 amide bonds. The van der Waals surface area contributed by atoms with Crippen molar-refractivity contribution >= 4 is 59.4 Å². The van der Waals surface area contributed by atoms with Crippen LogP contribution in [0.25, 0.3) is 9.75 Å². The number of carbonyl (C=O) groups is 2. The van der Waals surface area contributed by atoms with E-state index < -0.39 is 16.1 Å².